The molecular weight excluding hydrogens is 244 g/mol. The molecule has 0 aliphatic rings. The lowest BCUT2D eigenvalue weighted by Crippen LogP contribution is -2.19. The topological polar surface area (TPSA) is 82.2 Å². The minimum atomic E-state index is -0.170. The van der Waals surface area contributed by atoms with E-state index in [1.54, 1.807) is 18.3 Å². The number of aromatic nitrogens is 2. The van der Waals surface area contributed by atoms with E-state index in [2.05, 4.69) is 10.4 Å². The van der Waals surface area contributed by atoms with Gasteiger partial charge in [0.1, 0.15) is 12.3 Å². The third-order valence-corrected chi connectivity index (χ3v) is 2.39. The molecule has 0 saturated heterocycles. The lowest BCUT2D eigenvalue weighted by molar-refractivity contribution is -0.116. The van der Waals surface area contributed by atoms with E-state index < -0.39 is 0 Å². The summed E-state index contributed by atoms with van der Waals surface area (Å²) >= 11 is 0. The number of rotatable bonds is 5. The Morgan fingerprint density at radius 1 is 1.53 bits per heavy atom. The number of hydrogen-bond acceptors (Lipinski definition) is 4. The first-order chi connectivity index (χ1) is 9.17. The summed E-state index contributed by atoms with van der Waals surface area (Å²) in [6.45, 7) is 2.62. The Balaban J connectivity index is 1.96. The van der Waals surface area contributed by atoms with Crippen LogP contribution in [0, 0.1) is 0 Å². The number of amides is 1. The SMILES string of the molecule is CCOc1cccc(NC(=O)Cn2cc(N)cn2)c1. The molecule has 0 aliphatic heterocycles. The molecule has 0 unspecified atom stereocenters. The Morgan fingerprint density at radius 3 is 3.05 bits per heavy atom. The molecule has 0 fully saturated rings. The highest BCUT2D eigenvalue weighted by molar-refractivity contribution is 5.90. The van der Waals surface area contributed by atoms with E-state index in [-0.39, 0.29) is 12.5 Å². The fourth-order valence-corrected chi connectivity index (χ4v) is 1.64. The number of carbonyl (C=O) groups excluding carboxylic acids is 1. The van der Waals surface area contributed by atoms with Crippen molar-refractivity contribution in [3.63, 3.8) is 0 Å². The first-order valence-corrected chi connectivity index (χ1v) is 5.98. The summed E-state index contributed by atoms with van der Waals surface area (Å²) in [5.74, 6) is 0.556. The Kier molecular flexibility index (Phi) is 4.02. The van der Waals surface area contributed by atoms with E-state index in [1.807, 2.05) is 19.1 Å². The second-order valence-corrected chi connectivity index (χ2v) is 3.98. The van der Waals surface area contributed by atoms with Crippen LogP contribution in [-0.2, 0) is 11.3 Å². The number of nitrogens with two attached hydrogens (primary N) is 1. The molecule has 6 nitrogen and oxygen atoms in total. The van der Waals surface area contributed by atoms with Gasteiger partial charge in [-0.2, -0.15) is 5.10 Å². The van der Waals surface area contributed by atoms with Gasteiger partial charge in [0, 0.05) is 18.0 Å². The molecule has 19 heavy (non-hydrogen) atoms. The van der Waals surface area contributed by atoms with E-state index in [9.17, 15) is 4.79 Å². The van der Waals surface area contributed by atoms with Crippen molar-refractivity contribution < 1.29 is 9.53 Å². The highest BCUT2D eigenvalue weighted by Crippen LogP contribution is 2.17. The Hall–Kier alpha value is -2.50. The number of anilines is 2. The average Bonchev–Trinajstić information content (AvgIpc) is 2.75. The van der Waals surface area contributed by atoms with Gasteiger partial charge in [-0.25, -0.2) is 0 Å². The smallest absolute Gasteiger partial charge is 0.246 e. The molecule has 2 rings (SSSR count). The lowest BCUT2D eigenvalue weighted by atomic mass is 10.3. The highest BCUT2D eigenvalue weighted by Gasteiger charge is 2.05. The first-order valence-electron chi connectivity index (χ1n) is 5.98. The van der Waals surface area contributed by atoms with Crippen LogP contribution in [0.25, 0.3) is 0 Å². The summed E-state index contributed by atoms with van der Waals surface area (Å²) < 4.78 is 6.85. The molecule has 1 amide bonds. The number of benzene rings is 1. The molecule has 0 atom stereocenters. The number of ether oxygens (including phenoxy) is 1. The second-order valence-electron chi connectivity index (χ2n) is 3.98. The predicted molar refractivity (Wildman–Crippen MR) is 72.9 cm³/mol. The fourth-order valence-electron chi connectivity index (χ4n) is 1.64. The molecule has 0 spiro atoms. The van der Waals surface area contributed by atoms with E-state index >= 15 is 0 Å². The van der Waals surface area contributed by atoms with E-state index in [1.165, 1.54) is 10.9 Å². The monoisotopic (exact) mass is 260 g/mol. The van der Waals surface area contributed by atoms with Crippen LogP contribution in [0.2, 0.25) is 0 Å². The van der Waals surface area contributed by atoms with Crippen molar-refractivity contribution in [1.29, 1.82) is 0 Å². The van der Waals surface area contributed by atoms with Crippen LogP contribution in [0.5, 0.6) is 5.75 Å². The molecule has 1 heterocycles. The van der Waals surface area contributed by atoms with Gasteiger partial charge in [-0.3, -0.25) is 9.48 Å². The molecular formula is C13H16N4O2. The van der Waals surface area contributed by atoms with Gasteiger partial charge in [0.15, 0.2) is 0 Å². The Morgan fingerprint density at radius 2 is 2.37 bits per heavy atom. The predicted octanol–water partition coefficient (Wildman–Crippen LogP) is 1.50. The van der Waals surface area contributed by atoms with Crippen molar-refractivity contribution >= 4 is 17.3 Å². The molecule has 1 aromatic heterocycles. The third kappa shape index (κ3) is 3.74. The quantitative estimate of drug-likeness (QED) is 0.853. The molecule has 0 bridgehead atoms. The van der Waals surface area contributed by atoms with Crippen molar-refractivity contribution in [3.8, 4) is 5.75 Å². The van der Waals surface area contributed by atoms with Gasteiger partial charge >= 0.3 is 0 Å². The van der Waals surface area contributed by atoms with Gasteiger partial charge in [0.05, 0.1) is 18.5 Å². The summed E-state index contributed by atoms with van der Waals surface area (Å²) in [6.07, 6.45) is 3.11. The zero-order valence-electron chi connectivity index (χ0n) is 10.7. The number of nitrogen functional groups attached to an aromatic ring is 1. The van der Waals surface area contributed by atoms with Crippen molar-refractivity contribution in [1.82, 2.24) is 9.78 Å². The standard InChI is InChI=1S/C13H16N4O2/c1-2-19-12-5-3-4-11(6-12)16-13(18)9-17-8-10(14)7-15-17/h3-8H,2,9,14H2,1H3,(H,16,18). The zero-order chi connectivity index (χ0) is 13.7. The van der Waals surface area contributed by atoms with Crippen LogP contribution in [-0.4, -0.2) is 22.3 Å². The van der Waals surface area contributed by atoms with Crippen molar-refractivity contribution in [3.05, 3.63) is 36.7 Å². The number of nitrogens with zero attached hydrogens (tertiary/aromatic N) is 2. The second kappa shape index (κ2) is 5.90. The lowest BCUT2D eigenvalue weighted by Gasteiger charge is -2.08. The number of hydrogen-bond donors (Lipinski definition) is 2. The molecule has 2 aromatic rings. The first kappa shape index (κ1) is 12.9. The fraction of sp³-hybridized carbons (Fsp3) is 0.231. The summed E-state index contributed by atoms with van der Waals surface area (Å²) in [4.78, 5) is 11.8. The number of nitrogens with one attached hydrogen (secondary N) is 1. The molecule has 3 N–H and O–H groups in total. The van der Waals surface area contributed by atoms with Crippen LogP contribution < -0.4 is 15.8 Å². The maximum atomic E-state index is 11.8. The summed E-state index contributed by atoms with van der Waals surface area (Å²) in [6, 6.07) is 7.25. The largest absolute Gasteiger partial charge is 0.494 e. The minimum Gasteiger partial charge on any atom is -0.494 e. The Labute approximate surface area is 111 Å². The Bertz CT molecular complexity index is 565. The minimum absolute atomic E-state index is 0.121. The molecule has 6 heteroatoms. The van der Waals surface area contributed by atoms with Crippen LogP contribution in [0.3, 0.4) is 0 Å². The summed E-state index contributed by atoms with van der Waals surface area (Å²) in [7, 11) is 0. The molecule has 0 saturated carbocycles. The van der Waals surface area contributed by atoms with Gasteiger partial charge in [-0.15, -0.1) is 0 Å². The van der Waals surface area contributed by atoms with Gasteiger partial charge in [0.25, 0.3) is 0 Å². The third-order valence-electron chi connectivity index (χ3n) is 2.39. The van der Waals surface area contributed by atoms with Crippen LogP contribution in [0.1, 0.15) is 6.92 Å². The highest BCUT2D eigenvalue weighted by atomic mass is 16.5. The van der Waals surface area contributed by atoms with Gasteiger partial charge in [-0.05, 0) is 19.1 Å². The average molecular weight is 260 g/mol. The number of carbonyl (C=O) groups is 1. The van der Waals surface area contributed by atoms with Gasteiger partial charge < -0.3 is 15.8 Å². The maximum absolute atomic E-state index is 11.8. The molecule has 0 aliphatic carbocycles. The van der Waals surface area contributed by atoms with Crippen molar-refractivity contribution in [2.24, 2.45) is 0 Å². The molecule has 100 valence electrons. The van der Waals surface area contributed by atoms with Crippen LogP contribution in [0.4, 0.5) is 11.4 Å². The van der Waals surface area contributed by atoms with Crippen molar-refractivity contribution in [2.75, 3.05) is 17.7 Å². The van der Waals surface area contributed by atoms with E-state index in [0.29, 0.717) is 18.0 Å². The summed E-state index contributed by atoms with van der Waals surface area (Å²) in [5.41, 5.74) is 6.75. The molecule has 0 radical (unpaired) electrons. The van der Waals surface area contributed by atoms with E-state index in [0.717, 1.165) is 5.75 Å². The molecule has 1 aromatic carbocycles. The van der Waals surface area contributed by atoms with Crippen molar-refractivity contribution in [2.45, 2.75) is 13.5 Å². The van der Waals surface area contributed by atoms with Gasteiger partial charge in [0.2, 0.25) is 5.91 Å². The van der Waals surface area contributed by atoms with E-state index in [4.69, 9.17) is 10.5 Å². The summed E-state index contributed by atoms with van der Waals surface area (Å²) in [5, 5.41) is 6.73. The van der Waals surface area contributed by atoms with Gasteiger partial charge in [-0.1, -0.05) is 6.07 Å². The maximum Gasteiger partial charge on any atom is 0.246 e. The van der Waals surface area contributed by atoms with Crippen LogP contribution >= 0.6 is 0 Å². The normalized spacial score (nSPS) is 10.2. The zero-order valence-corrected chi connectivity index (χ0v) is 10.7. The van der Waals surface area contributed by atoms with Crippen LogP contribution in [0.15, 0.2) is 36.7 Å².